The third-order valence-electron chi connectivity index (χ3n) is 2.40. The summed E-state index contributed by atoms with van der Waals surface area (Å²) in [5.74, 6) is -1.76. The zero-order valence-corrected chi connectivity index (χ0v) is 8.90. The summed E-state index contributed by atoms with van der Waals surface area (Å²) in [7, 11) is 0. The number of carbonyl (C=O) groups excluding carboxylic acids is 1. The van der Waals surface area contributed by atoms with Gasteiger partial charge in [-0.3, -0.25) is 4.79 Å². The van der Waals surface area contributed by atoms with Crippen molar-refractivity contribution < 1.29 is 18.0 Å². The Morgan fingerprint density at radius 3 is 2.47 bits per heavy atom. The van der Waals surface area contributed by atoms with E-state index < -0.39 is 18.1 Å². The lowest BCUT2D eigenvalue weighted by Crippen LogP contribution is -2.52. The van der Waals surface area contributed by atoms with Crippen LogP contribution in [0.25, 0.3) is 0 Å². The number of nitrogens with two attached hydrogens (primary N) is 1. The highest BCUT2D eigenvalue weighted by Crippen LogP contribution is 2.24. The molecule has 0 saturated carbocycles. The van der Waals surface area contributed by atoms with E-state index in [1.807, 2.05) is 0 Å². The highest BCUT2D eigenvalue weighted by atomic mass is 35.5. The number of piperidine rings is 1. The van der Waals surface area contributed by atoms with Gasteiger partial charge in [0, 0.05) is 19.1 Å². The van der Waals surface area contributed by atoms with E-state index in [4.69, 9.17) is 5.73 Å². The van der Waals surface area contributed by atoms with E-state index in [9.17, 15) is 18.0 Å². The largest absolute Gasteiger partial charge is 0.471 e. The van der Waals surface area contributed by atoms with Gasteiger partial charge in [-0.25, -0.2) is 0 Å². The van der Waals surface area contributed by atoms with Crippen LogP contribution in [0.4, 0.5) is 13.2 Å². The molecule has 0 aromatic rings. The van der Waals surface area contributed by atoms with Crippen LogP contribution in [0, 0.1) is 0 Å². The van der Waals surface area contributed by atoms with Crippen LogP contribution >= 0.6 is 12.4 Å². The van der Waals surface area contributed by atoms with Crippen molar-refractivity contribution in [2.24, 2.45) is 5.73 Å². The van der Waals surface area contributed by atoms with Crippen LogP contribution in [0.5, 0.6) is 0 Å². The summed E-state index contributed by atoms with van der Waals surface area (Å²) in [6.45, 7) is 0.266. The number of amides is 1. The molecular weight excluding hydrogens is 233 g/mol. The standard InChI is InChI=1S/C8H13F3N2O.ClH/c9-8(10,11)7(14)13-4-2-1-3-6(13)5-12;/h6H,1-5,12H2;1H. The predicted molar refractivity (Wildman–Crippen MR) is 51.7 cm³/mol. The number of rotatable bonds is 1. The van der Waals surface area contributed by atoms with E-state index >= 15 is 0 Å². The average molecular weight is 247 g/mol. The molecule has 0 aromatic heterocycles. The van der Waals surface area contributed by atoms with Crippen LogP contribution in [0.1, 0.15) is 19.3 Å². The van der Waals surface area contributed by atoms with Crippen LogP contribution in [-0.4, -0.2) is 36.1 Å². The van der Waals surface area contributed by atoms with Crippen molar-refractivity contribution in [1.29, 1.82) is 0 Å². The molecule has 0 spiro atoms. The maximum absolute atomic E-state index is 12.1. The molecule has 1 heterocycles. The minimum Gasteiger partial charge on any atom is -0.331 e. The van der Waals surface area contributed by atoms with Crippen molar-refractivity contribution in [3.05, 3.63) is 0 Å². The zero-order valence-electron chi connectivity index (χ0n) is 8.09. The number of halogens is 4. The van der Waals surface area contributed by atoms with Gasteiger partial charge >= 0.3 is 12.1 Å². The summed E-state index contributed by atoms with van der Waals surface area (Å²) in [6.07, 6.45) is -2.75. The maximum atomic E-state index is 12.1. The Kier molecular flexibility index (Phi) is 5.37. The SMILES string of the molecule is Cl.NCC1CCCCN1C(=O)C(F)(F)F. The van der Waals surface area contributed by atoms with Crippen LogP contribution < -0.4 is 5.73 Å². The fourth-order valence-electron chi connectivity index (χ4n) is 1.68. The number of hydrogen-bond donors (Lipinski definition) is 1. The molecule has 2 N–H and O–H groups in total. The van der Waals surface area contributed by atoms with Crippen LogP contribution in [0.15, 0.2) is 0 Å². The molecule has 1 aliphatic heterocycles. The average Bonchev–Trinajstić information content (AvgIpc) is 2.15. The molecule has 0 radical (unpaired) electrons. The first-order valence-corrected chi connectivity index (χ1v) is 4.54. The molecule has 1 unspecified atom stereocenters. The van der Waals surface area contributed by atoms with Gasteiger partial charge in [0.2, 0.25) is 0 Å². The first kappa shape index (κ1) is 14.5. The Bertz CT molecular complexity index is 222. The molecule has 90 valence electrons. The molecule has 15 heavy (non-hydrogen) atoms. The van der Waals surface area contributed by atoms with Crippen molar-refractivity contribution in [2.75, 3.05) is 13.1 Å². The van der Waals surface area contributed by atoms with Gasteiger partial charge in [-0.2, -0.15) is 13.2 Å². The highest BCUT2D eigenvalue weighted by molar-refractivity contribution is 5.85. The third-order valence-corrected chi connectivity index (χ3v) is 2.40. The second-order valence-electron chi connectivity index (χ2n) is 3.38. The van der Waals surface area contributed by atoms with Crippen molar-refractivity contribution in [1.82, 2.24) is 4.90 Å². The van der Waals surface area contributed by atoms with Crippen LogP contribution in [-0.2, 0) is 4.79 Å². The normalized spacial score (nSPS) is 22.1. The number of carbonyl (C=O) groups is 1. The van der Waals surface area contributed by atoms with E-state index in [0.717, 1.165) is 11.3 Å². The molecule has 0 aliphatic carbocycles. The Balaban J connectivity index is 0.00000196. The number of hydrogen-bond acceptors (Lipinski definition) is 2. The highest BCUT2D eigenvalue weighted by Gasteiger charge is 2.44. The van der Waals surface area contributed by atoms with Crippen molar-refractivity contribution in [2.45, 2.75) is 31.5 Å². The molecule has 1 aliphatic rings. The Hall–Kier alpha value is -0.490. The summed E-state index contributed by atoms with van der Waals surface area (Å²) in [6, 6.07) is -0.446. The molecule has 7 heteroatoms. The summed E-state index contributed by atoms with van der Waals surface area (Å²) in [5.41, 5.74) is 5.31. The van der Waals surface area contributed by atoms with Crippen LogP contribution in [0.2, 0.25) is 0 Å². The summed E-state index contributed by atoms with van der Waals surface area (Å²) < 4.78 is 36.3. The molecule has 1 amide bonds. The quantitative estimate of drug-likeness (QED) is 0.758. The summed E-state index contributed by atoms with van der Waals surface area (Å²) in [4.78, 5) is 11.8. The Morgan fingerprint density at radius 2 is 2.00 bits per heavy atom. The maximum Gasteiger partial charge on any atom is 0.471 e. The van der Waals surface area contributed by atoms with E-state index in [2.05, 4.69) is 0 Å². The van der Waals surface area contributed by atoms with E-state index in [1.165, 1.54) is 0 Å². The lowest BCUT2D eigenvalue weighted by atomic mass is 10.0. The van der Waals surface area contributed by atoms with Gasteiger partial charge in [-0.15, -0.1) is 12.4 Å². The van der Waals surface area contributed by atoms with Crippen LogP contribution in [0.3, 0.4) is 0 Å². The minimum atomic E-state index is -4.77. The number of likely N-dealkylation sites (tertiary alicyclic amines) is 1. The molecule has 0 aromatic carbocycles. The molecule has 3 nitrogen and oxygen atoms in total. The summed E-state index contributed by atoms with van der Waals surface area (Å²) in [5, 5.41) is 0. The smallest absolute Gasteiger partial charge is 0.331 e. The molecule has 1 atom stereocenters. The fraction of sp³-hybridized carbons (Fsp3) is 0.875. The molecule has 1 fully saturated rings. The molecule has 1 rings (SSSR count). The molecule has 0 bridgehead atoms. The van der Waals surface area contributed by atoms with Gasteiger partial charge in [0.25, 0.3) is 0 Å². The number of alkyl halides is 3. The Morgan fingerprint density at radius 1 is 1.40 bits per heavy atom. The summed E-state index contributed by atoms with van der Waals surface area (Å²) >= 11 is 0. The van der Waals surface area contributed by atoms with Crippen molar-refractivity contribution >= 4 is 18.3 Å². The Labute approximate surface area is 92.2 Å². The predicted octanol–water partition coefficient (Wildman–Crippen LogP) is 1.31. The molecule has 1 saturated heterocycles. The van der Waals surface area contributed by atoms with Gasteiger partial charge in [0.05, 0.1) is 0 Å². The first-order valence-electron chi connectivity index (χ1n) is 4.54. The first-order chi connectivity index (χ1) is 6.46. The van der Waals surface area contributed by atoms with Gasteiger partial charge in [0.15, 0.2) is 0 Å². The van der Waals surface area contributed by atoms with Crippen molar-refractivity contribution in [3.8, 4) is 0 Å². The van der Waals surface area contributed by atoms with Crippen molar-refractivity contribution in [3.63, 3.8) is 0 Å². The van der Waals surface area contributed by atoms with Gasteiger partial charge in [-0.1, -0.05) is 0 Å². The van der Waals surface area contributed by atoms with E-state index in [1.54, 1.807) is 0 Å². The monoisotopic (exact) mass is 246 g/mol. The second-order valence-corrected chi connectivity index (χ2v) is 3.38. The lowest BCUT2D eigenvalue weighted by Gasteiger charge is -2.35. The van der Waals surface area contributed by atoms with E-state index in [-0.39, 0.29) is 25.5 Å². The van der Waals surface area contributed by atoms with E-state index in [0.29, 0.717) is 12.8 Å². The van der Waals surface area contributed by atoms with Gasteiger partial charge in [-0.05, 0) is 19.3 Å². The lowest BCUT2D eigenvalue weighted by molar-refractivity contribution is -0.188. The topological polar surface area (TPSA) is 46.3 Å². The second kappa shape index (κ2) is 5.55. The fourth-order valence-corrected chi connectivity index (χ4v) is 1.68. The third kappa shape index (κ3) is 3.53. The minimum absolute atomic E-state index is 0. The zero-order chi connectivity index (χ0) is 10.8. The number of nitrogens with zero attached hydrogens (tertiary/aromatic N) is 1. The molecular formula is C8H14ClF3N2O. The van der Waals surface area contributed by atoms with Gasteiger partial charge in [0.1, 0.15) is 0 Å². The van der Waals surface area contributed by atoms with Gasteiger partial charge < -0.3 is 10.6 Å².